The first-order valence-corrected chi connectivity index (χ1v) is 19.0. The van der Waals surface area contributed by atoms with E-state index in [1.165, 1.54) is 12.5 Å². The lowest BCUT2D eigenvalue weighted by atomic mass is 10.2. The highest BCUT2D eigenvalue weighted by molar-refractivity contribution is 6.99. The van der Waals surface area contributed by atoms with E-state index in [9.17, 15) is 4.79 Å². The highest BCUT2D eigenvalue weighted by Gasteiger charge is 2.50. The smallest absolute Gasteiger partial charge is 0.269 e. The number of aryl methyl sites for hydroxylation is 1. The first-order valence-electron chi connectivity index (χ1n) is 16.7. The van der Waals surface area contributed by atoms with Gasteiger partial charge in [-0.2, -0.15) is 5.10 Å². The number of pyridine rings is 1. The van der Waals surface area contributed by atoms with Crippen LogP contribution in [0.5, 0.6) is 5.88 Å². The lowest BCUT2D eigenvalue weighted by molar-refractivity contribution is -0.125. The molecule has 3 heterocycles. The standard InChI is InChI=1S/C39H38ClN7O4Si/c1-27-16-18-29(41-5)22-33(27)47-36-32(24-45-47)38(44-26-43-36)51-34(37(48)46-35-19-17-28(40)23-42-35)25-49-20-21-50-52(39(2,3)4,30-12-8-6-9-13-30)31-14-10-7-11-15-31/h6-19,22-24,26,34H,20-21,25H2,1-4H3,(H,42,46,48)/t34-/m0/s1. The third-order valence-corrected chi connectivity index (χ3v) is 13.9. The number of nitrogens with one attached hydrogen (secondary N) is 1. The van der Waals surface area contributed by atoms with Gasteiger partial charge in [-0.1, -0.05) is 105 Å². The molecule has 0 aliphatic carbocycles. The van der Waals surface area contributed by atoms with Gasteiger partial charge in [0.1, 0.15) is 17.5 Å². The molecule has 6 rings (SSSR count). The van der Waals surface area contributed by atoms with E-state index in [1.807, 2.05) is 49.4 Å². The van der Waals surface area contributed by atoms with Crippen molar-refractivity contribution in [2.24, 2.45) is 0 Å². The maximum atomic E-state index is 13.7. The summed E-state index contributed by atoms with van der Waals surface area (Å²) in [5, 5.41) is 10.4. The van der Waals surface area contributed by atoms with Crippen molar-refractivity contribution >= 4 is 58.7 Å². The number of hydrogen-bond donors (Lipinski definition) is 1. The third kappa shape index (κ3) is 7.73. The summed E-state index contributed by atoms with van der Waals surface area (Å²) >= 11 is 6.02. The van der Waals surface area contributed by atoms with Gasteiger partial charge in [0.05, 0.1) is 43.3 Å². The summed E-state index contributed by atoms with van der Waals surface area (Å²) in [6.45, 7) is 16.4. The number of carbonyl (C=O) groups is 1. The summed E-state index contributed by atoms with van der Waals surface area (Å²) in [7, 11) is -2.78. The number of carbonyl (C=O) groups excluding carboxylic acids is 1. The van der Waals surface area contributed by atoms with Gasteiger partial charge in [-0.05, 0) is 46.1 Å². The van der Waals surface area contributed by atoms with Crippen LogP contribution in [0.4, 0.5) is 11.5 Å². The number of hydrogen-bond acceptors (Lipinski definition) is 8. The Balaban J connectivity index is 1.24. The van der Waals surface area contributed by atoms with E-state index in [1.54, 1.807) is 35.1 Å². The molecular formula is C39H38ClN7O4Si. The summed E-state index contributed by atoms with van der Waals surface area (Å²) in [6, 6.07) is 29.3. The van der Waals surface area contributed by atoms with Crippen LogP contribution in [0.25, 0.3) is 21.6 Å². The quantitative estimate of drug-likeness (QED) is 0.0793. The monoisotopic (exact) mass is 731 g/mol. The molecule has 1 N–H and O–H groups in total. The lowest BCUT2D eigenvalue weighted by Gasteiger charge is -2.43. The summed E-state index contributed by atoms with van der Waals surface area (Å²) in [6.07, 6.45) is 3.22. The van der Waals surface area contributed by atoms with Gasteiger partial charge in [0, 0.05) is 6.20 Å². The molecular weight excluding hydrogens is 694 g/mol. The number of nitrogens with zero attached hydrogens (tertiary/aromatic N) is 6. The average molecular weight is 732 g/mol. The first-order chi connectivity index (χ1) is 25.1. The molecule has 0 saturated heterocycles. The van der Waals surface area contributed by atoms with Crippen molar-refractivity contribution in [1.82, 2.24) is 24.7 Å². The van der Waals surface area contributed by atoms with Crippen LogP contribution in [-0.2, 0) is 14.0 Å². The van der Waals surface area contributed by atoms with Crippen LogP contribution in [0.1, 0.15) is 26.3 Å². The van der Waals surface area contributed by atoms with Crippen molar-refractivity contribution < 1.29 is 18.7 Å². The Kier molecular flexibility index (Phi) is 11.1. The molecule has 52 heavy (non-hydrogen) atoms. The molecule has 3 aromatic carbocycles. The Morgan fingerprint density at radius 1 is 0.942 bits per heavy atom. The Bertz CT molecular complexity index is 2150. The van der Waals surface area contributed by atoms with Crippen molar-refractivity contribution in [2.75, 3.05) is 25.1 Å². The van der Waals surface area contributed by atoms with Crippen LogP contribution in [0.2, 0.25) is 10.1 Å². The second-order valence-electron chi connectivity index (χ2n) is 13.1. The molecule has 0 radical (unpaired) electrons. The van der Waals surface area contributed by atoms with Crippen molar-refractivity contribution in [1.29, 1.82) is 0 Å². The number of fused-ring (bicyclic) bond motifs is 1. The Labute approximate surface area is 308 Å². The molecule has 0 aliphatic rings. The van der Waals surface area contributed by atoms with Crippen LogP contribution >= 0.6 is 11.6 Å². The Morgan fingerprint density at radius 2 is 1.65 bits per heavy atom. The van der Waals surface area contributed by atoms with Gasteiger partial charge < -0.3 is 19.2 Å². The number of amides is 1. The van der Waals surface area contributed by atoms with E-state index in [0.29, 0.717) is 33.2 Å². The van der Waals surface area contributed by atoms with E-state index in [4.69, 9.17) is 32.1 Å². The minimum atomic E-state index is -2.78. The van der Waals surface area contributed by atoms with Gasteiger partial charge in [-0.25, -0.2) is 24.5 Å². The molecule has 3 aromatic heterocycles. The topological polar surface area (TPSA) is 118 Å². The predicted octanol–water partition coefficient (Wildman–Crippen LogP) is 6.70. The second-order valence-corrected chi connectivity index (χ2v) is 17.8. The molecule has 0 fully saturated rings. The first kappa shape index (κ1) is 36.3. The molecule has 0 saturated carbocycles. The summed E-state index contributed by atoms with van der Waals surface area (Å²) < 4.78 is 21.0. The van der Waals surface area contributed by atoms with Gasteiger partial charge in [0.15, 0.2) is 11.3 Å². The molecule has 0 aliphatic heterocycles. The average Bonchev–Trinajstić information content (AvgIpc) is 3.59. The van der Waals surface area contributed by atoms with Gasteiger partial charge in [-0.15, -0.1) is 0 Å². The van der Waals surface area contributed by atoms with E-state index in [0.717, 1.165) is 15.9 Å². The van der Waals surface area contributed by atoms with E-state index in [-0.39, 0.29) is 30.7 Å². The van der Waals surface area contributed by atoms with Gasteiger partial charge in [0.25, 0.3) is 14.2 Å². The van der Waals surface area contributed by atoms with Crippen LogP contribution in [0, 0.1) is 13.5 Å². The van der Waals surface area contributed by atoms with Crippen molar-refractivity contribution in [3.05, 3.63) is 132 Å². The molecule has 0 unspecified atom stereocenters. The zero-order chi connectivity index (χ0) is 36.7. The molecule has 1 atom stereocenters. The normalized spacial score (nSPS) is 12.3. The van der Waals surface area contributed by atoms with E-state index in [2.05, 4.69) is 75.2 Å². The fourth-order valence-corrected chi connectivity index (χ4v) is 10.8. The van der Waals surface area contributed by atoms with E-state index >= 15 is 0 Å². The van der Waals surface area contributed by atoms with Crippen LogP contribution < -0.4 is 20.4 Å². The molecule has 6 aromatic rings. The van der Waals surface area contributed by atoms with Crippen molar-refractivity contribution in [3.8, 4) is 11.6 Å². The van der Waals surface area contributed by atoms with Crippen LogP contribution in [0.15, 0.2) is 110 Å². The number of anilines is 1. The number of rotatable bonds is 13. The maximum Gasteiger partial charge on any atom is 0.269 e. The largest absolute Gasteiger partial charge is 0.461 e. The SMILES string of the molecule is [C-]#[N+]c1ccc(C)c(-n2ncc3c(O[C@@H](COCCO[Si](c4ccccc4)(c4ccccc4)C(C)(C)C)C(=O)Nc4ccc(Cl)cn4)ncnc32)c1. The minimum absolute atomic E-state index is 0.116. The molecule has 1 amide bonds. The zero-order valence-corrected chi connectivity index (χ0v) is 31.0. The fourth-order valence-electron chi connectivity index (χ4n) is 6.15. The number of benzene rings is 3. The van der Waals surface area contributed by atoms with Crippen molar-refractivity contribution in [2.45, 2.75) is 38.8 Å². The summed E-state index contributed by atoms with van der Waals surface area (Å²) in [4.78, 5) is 30.3. The molecule has 13 heteroatoms. The Morgan fingerprint density at radius 3 is 2.29 bits per heavy atom. The number of aromatic nitrogens is 5. The predicted molar refractivity (Wildman–Crippen MR) is 204 cm³/mol. The highest BCUT2D eigenvalue weighted by atomic mass is 35.5. The molecule has 0 spiro atoms. The minimum Gasteiger partial charge on any atom is -0.461 e. The maximum absolute atomic E-state index is 13.7. The van der Waals surface area contributed by atoms with Gasteiger partial charge >= 0.3 is 0 Å². The lowest BCUT2D eigenvalue weighted by Crippen LogP contribution is -2.66. The van der Waals surface area contributed by atoms with Gasteiger partial charge in [0.2, 0.25) is 12.0 Å². The third-order valence-electron chi connectivity index (χ3n) is 8.64. The summed E-state index contributed by atoms with van der Waals surface area (Å²) in [5.41, 5.74) is 2.52. The highest BCUT2D eigenvalue weighted by Crippen LogP contribution is 2.36. The van der Waals surface area contributed by atoms with E-state index < -0.39 is 20.3 Å². The Hall–Kier alpha value is -5.45. The number of ether oxygens (including phenoxy) is 2. The summed E-state index contributed by atoms with van der Waals surface area (Å²) in [5.74, 6) is -0.0528. The number of halogens is 1. The second kappa shape index (κ2) is 15.8. The van der Waals surface area contributed by atoms with Crippen LogP contribution in [0.3, 0.4) is 0 Å². The van der Waals surface area contributed by atoms with Crippen LogP contribution in [-0.4, -0.2) is 64.9 Å². The molecule has 264 valence electrons. The zero-order valence-electron chi connectivity index (χ0n) is 29.3. The fraction of sp³-hybridized carbons (Fsp3) is 0.231. The van der Waals surface area contributed by atoms with Crippen molar-refractivity contribution in [3.63, 3.8) is 0 Å². The molecule has 11 nitrogen and oxygen atoms in total. The van der Waals surface area contributed by atoms with Gasteiger partial charge in [-0.3, -0.25) is 4.79 Å². The molecule has 0 bridgehead atoms.